The van der Waals surface area contributed by atoms with Crippen LogP contribution in [0.1, 0.15) is 189 Å². The Hall–Kier alpha value is -2.21. The first-order valence-electron chi connectivity index (χ1n) is 28.4. The van der Waals surface area contributed by atoms with Crippen molar-refractivity contribution in [3.8, 4) is 0 Å². The molecule has 0 amide bonds. The van der Waals surface area contributed by atoms with E-state index in [2.05, 4.69) is 13.8 Å². The summed E-state index contributed by atoms with van der Waals surface area (Å²) in [5, 5.41) is 0. The lowest BCUT2D eigenvalue weighted by molar-refractivity contribution is -0.154. The molecule has 73 heavy (non-hydrogen) atoms. The zero-order chi connectivity index (χ0) is 54.0. The van der Waals surface area contributed by atoms with Crippen LogP contribution in [0.3, 0.4) is 0 Å². The molecule has 0 radical (unpaired) electrons. The zero-order valence-corrected chi connectivity index (χ0v) is 49.5. The highest BCUT2D eigenvalue weighted by Gasteiger charge is 2.19. The fourth-order valence-corrected chi connectivity index (χ4v) is 10.5. The second-order valence-electron chi connectivity index (χ2n) is 19.4. The molecule has 0 aromatic heterocycles. The van der Waals surface area contributed by atoms with Crippen LogP contribution in [-0.4, -0.2) is 160 Å². The van der Waals surface area contributed by atoms with Crippen molar-refractivity contribution in [2.24, 2.45) is 17.8 Å². The van der Waals surface area contributed by atoms with Gasteiger partial charge in [-0.25, -0.2) is 0 Å². The molecule has 0 bridgehead atoms. The highest BCUT2D eigenvalue weighted by atomic mass is 32.2. The second kappa shape index (κ2) is 51.9. The summed E-state index contributed by atoms with van der Waals surface area (Å²) in [7, 11) is 1.93. The number of ether oxygens (including phenoxy) is 6. The van der Waals surface area contributed by atoms with Crippen molar-refractivity contribution in [3.63, 3.8) is 0 Å². The van der Waals surface area contributed by atoms with Crippen molar-refractivity contribution in [2.75, 3.05) is 114 Å². The van der Waals surface area contributed by atoms with E-state index in [1.54, 1.807) is 42.2 Å². The van der Waals surface area contributed by atoms with Gasteiger partial charge < -0.3 is 38.2 Å². The lowest BCUT2D eigenvalue weighted by Gasteiger charge is -2.22. The second-order valence-corrected chi connectivity index (χ2v) is 22.9. The third-order valence-electron chi connectivity index (χ3n) is 12.4. The first kappa shape index (κ1) is 70.8. The van der Waals surface area contributed by atoms with Gasteiger partial charge in [-0.1, -0.05) is 157 Å². The van der Waals surface area contributed by atoms with Crippen molar-refractivity contribution < 1.29 is 57.2 Å². The van der Waals surface area contributed by atoms with Crippen LogP contribution in [0, 0.1) is 17.8 Å². The van der Waals surface area contributed by atoms with E-state index in [1.165, 1.54) is 116 Å². The standard InChI is InChI=1S/C56H104N2O12S3/c1-8-11-13-15-17-19-21-23-25-27-42-71-45-48(4)54(62)68-40-37-66-52(60)30-33-58(35-44-73-47-50(6)56(64)70-39-36-65-51(59)29-32-57(7)10-3)34-31-53(61)67-38-41-69-55(63)49(5)46-72-43-28-26-24-22-20-18-16-14-12-9-2/h48-50H,8-47H2,1-7H3. The van der Waals surface area contributed by atoms with Gasteiger partial charge in [-0.05, 0) is 37.9 Å². The minimum absolute atomic E-state index is 0.00631. The van der Waals surface area contributed by atoms with Gasteiger partial charge in [0.1, 0.15) is 39.6 Å². The van der Waals surface area contributed by atoms with Gasteiger partial charge in [0.05, 0.1) is 37.0 Å². The van der Waals surface area contributed by atoms with Gasteiger partial charge in [-0.3, -0.25) is 28.8 Å². The molecule has 14 nitrogen and oxygen atoms in total. The number of hydrogen-bond acceptors (Lipinski definition) is 17. The number of thioether (sulfide) groups is 3. The maximum Gasteiger partial charge on any atom is 0.309 e. The Balaban J connectivity index is 4.68. The molecule has 0 aromatic carbocycles. The first-order chi connectivity index (χ1) is 35.3. The van der Waals surface area contributed by atoms with Crippen LogP contribution in [0.2, 0.25) is 0 Å². The van der Waals surface area contributed by atoms with Gasteiger partial charge in [0.2, 0.25) is 0 Å². The summed E-state index contributed by atoms with van der Waals surface area (Å²) in [5.41, 5.74) is 0. The molecule has 0 saturated carbocycles. The topological polar surface area (TPSA) is 164 Å². The molecule has 3 atom stereocenters. The van der Waals surface area contributed by atoms with E-state index < -0.39 is 17.9 Å². The number of rotatable bonds is 53. The van der Waals surface area contributed by atoms with Crippen LogP contribution < -0.4 is 0 Å². The molecule has 0 heterocycles. The number of carbonyl (C=O) groups excluding carboxylic acids is 6. The average molecular weight is 1090 g/mol. The first-order valence-corrected chi connectivity index (χ1v) is 31.9. The maximum absolute atomic E-state index is 12.7. The molecule has 0 aliphatic rings. The molecule has 17 heteroatoms. The molecule has 0 aliphatic carbocycles. The third-order valence-corrected chi connectivity index (χ3v) is 16.3. The van der Waals surface area contributed by atoms with Crippen LogP contribution in [0.4, 0.5) is 0 Å². The zero-order valence-electron chi connectivity index (χ0n) is 47.0. The van der Waals surface area contributed by atoms with Crippen molar-refractivity contribution in [3.05, 3.63) is 0 Å². The summed E-state index contributed by atoms with van der Waals surface area (Å²) in [6.07, 6.45) is 26.4. The third kappa shape index (κ3) is 46.8. The van der Waals surface area contributed by atoms with Gasteiger partial charge in [0.15, 0.2) is 0 Å². The molecular formula is C56H104N2O12S3. The summed E-state index contributed by atoms with van der Waals surface area (Å²) in [5.74, 6) is 1.48. The predicted molar refractivity (Wildman–Crippen MR) is 302 cm³/mol. The predicted octanol–water partition coefficient (Wildman–Crippen LogP) is 11.6. The summed E-state index contributed by atoms with van der Waals surface area (Å²) in [4.78, 5) is 79.1. The van der Waals surface area contributed by atoms with Gasteiger partial charge in [0.25, 0.3) is 0 Å². The van der Waals surface area contributed by atoms with Gasteiger partial charge in [-0.2, -0.15) is 35.3 Å². The Morgan fingerprint density at radius 3 is 0.986 bits per heavy atom. The lowest BCUT2D eigenvalue weighted by atomic mass is 10.1. The largest absolute Gasteiger partial charge is 0.462 e. The van der Waals surface area contributed by atoms with E-state index in [0.29, 0.717) is 49.2 Å². The molecule has 0 aromatic rings. The van der Waals surface area contributed by atoms with Gasteiger partial charge in [0, 0.05) is 49.2 Å². The number of carbonyl (C=O) groups is 6. The van der Waals surface area contributed by atoms with Crippen molar-refractivity contribution in [2.45, 2.75) is 189 Å². The number of hydrogen-bond donors (Lipinski definition) is 0. The summed E-state index contributed by atoms with van der Waals surface area (Å²) >= 11 is 5.11. The summed E-state index contributed by atoms with van der Waals surface area (Å²) < 4.78 is 32.0. The molecule has 428 valence electrons. The fraction of sp³-hybridized carbons (Fsp3) is 0.893. The van der Waals surface area contributed by atoms with Crippen molar-refractivity contribution in [1.29, 1.82) is 0 Å². The van der Waals surface area contributed by atoms with Crippen LogP contribution in [0.5, 0.6) is 0 Å². The van der Waals surface area contributed by atoms with E-state index in [9.17, 15) is 28.8 Å². The molecule has 0 N–H and O–H groups in total. The number of unbranched alkanes of at least 4 members (excludes halogenated alkanes) is 18. The molecular weight excluding hydrogens is 989 g/mol. The van der Waals surface area contributed by atoms with E-state index in [4.69, 9.17) is 28.4 Å². The molecule has 0 saturated heterocycles. The average Bonchev–Trinajstić information content (AvgIpc) is 3.38. The minimum atomic E-state index is -0.444. The molecule has 0 fully saturated rings. The van der Waals surface area contributed by atoms with Crippen LogP contribution >= 0.6 is 35.3 Å². The van der Waals surface area contributed by atoms with Crippen LogP contribution in [-0.2, 0) is 57.2 Å². The van der Waals surface area contributed by atoms with E-state index in [0.717, 1.165) is 30.9 Å². The maximum atomic E-state index is 12.7. The Kier molecular flexibility index (Phi) is 50.3. The van der Waals surface area contributed by atoms with Crippen molar-refractivity contribution in [1.82, 2.24) is 9.80 Å². The highest BCUT2D eigenvalue weighted by Crippen LogP contribution is 2.17. The van der Waals surface area contributed by atoms with E-state index in [-0.39, 0.29) is 94.6 Å². The smallest absolute Gasteiger partial charge is 0.309 e. The van der Waals surface area contributed by atoms with Gasteiger partial charge in [-0.15, -0.1) is 0 Å². The summed E-state index contributed by atoms with van der Waals surface area (Å²) in [6.45, 7) is 14.5. The van der Waals surface area contributed by atoms with Gasteiger partial charge >= 0.3 is 35.8 Å². The van der Waals surface area contributed by atoms with E-state index in [1.807, 2.05) is 37.6 Å². The number of esters is 6. The SMILES string of the molecule is CCCCCCCCCCCCSCC(C)C(=O)OCCOC(=O)CCN(CCSCC(C)C(=O)OCCOC(=O)CCN(C)CC)CCC(=O)OCCOC(=O)C(C)CSCCCCCCCCCCCC. The Morgan fingerprint density at radius 2 is 0.658 bits per heavy atom. The van der Waals surface area contributed by atoms with E-state index >= 15 is 0 Å². The minimum Gasteiger partial charge on any atom is -0.462 e. The fourth-order valence-electron chi connectivity index (χ4n) is 7.37. The Bertz CT molecular complexity index is 1310. The molecule has 3 unspecified atom stereocenters. The van der Waals surface area contributed by atoms with Crippen LogP contribution in [0.15, 0.2) is 0 Å². The normalized spacial score (nSPS) is 12.6. The quantitative estimate of drug-likeness (QED) is 0.0321. The summed E-state index contributed by atoms with van der Waals surface area (Å²) in [6, 6.07) is 0. The Morgan fingerprint density at radius 1 is 0.370 bits per heavy atom. The number of nitrogens with zero attached hydrogens (tertiary/aromatic N) is 2. The monoisotopic (exact) mass is 1090 g/mol. The van der Waals surface area contributed by atoms with Crippen LogP contribution in [0.25, 0.3) is 0 Å². The molecule has 0 rings (SSSR count). The van der Waals surface area contributed by atoms with Crippen molar-refractivity contribution >= 4 is 71.1 Å². The molecule has 0 spiro atoms. The molecule has 0 aliphatic heterocycles. The highest BCUT2D eigenvalue weighted by molar-refractivity contribution is 7.99. The Labute approximate surface area is 456 Å². The lowest BCUT2D eigenvalue weighted by Crippen LogP contribution is -2.32.